The van der Waals surface area contributed by atoms with Crippen LogP contribution < -0.4 is 0 Å². The molecular weight excluding hydrogens is 176 g/mol. The summed E-state index contributed by atoms with van der Waals surface area (Å²) in [4.78, 5) is 1.49. The summed E-state index contributed by atoms with van der Waals surface area (Å²) in [6.45, 7) is 4.34. The molecule has 0 aliphatic carbocycles. The third-order valence-electron chi connectivity index (χ3n) is 1.95. The SMILES string of the molecule is CCCC#CCCc1sccc1C. The second-order valence-electron chi connectivity index (χ2n) is 3.13. The van der Waals surface area contributed by atoms with Crippen LogP contribution in [0.25, 0.3) is 0 Å². The smallest absolute Gasteiger partial charge is 0.0137 e. The number of hydrogen-bond donors (Lipinski definition) is 0. The summed E-state index contributed by atoms with van der Waals surface area (Å²) in [5, 5.41) is 2.16. The minimum Gasteiger partial charge on any atom is -0.149 e. The van der Waals surface area contributed by atoms with E-state index in [0.29, 0.717) is 0 Å². The van der Waals surface area contributed by atoms with E-state index >= 15 is 0 Å². The molecule has 0 aliphatic heterocycles. The molecular formula is C12H16S. The standard InChI is InChI=1S/C12H16S/c1-3-4-5-6-7-8-12-11(2)9-10-13-12/h9-10H,3-4,7-8H2,1-2H3. The van der Waals surface area contributed by atoms with Crippen molar-refractivity contribution in [3.63, 3.8) is 0 Å². The second kappa shape index (κ2) is 5.83. The number of thiophene rings is 1. The third kappa shape index (κ3) is 3.65. The van der Waals surface area contributed by atoms with Crippen LogP contribution in [0.2, 0.25) is 0 Å². The van der Waals surface area contributed by atoms with Crippen LogP contribution in [0.3, 0.4) is 0 Å². The van der Waals surface area contributed by atoms with Gasteiger partial charge >= 0.3 is 0 Å². The van der Waals surface area contributed by atoms with E-state index in [0.717, 1.165) is 19.3 Å². The molecule has 0 saturated carbocycles. The van der Waals surface area contributed by atoms with Crippen LogP contribution in [0.5, 0.6) is 0 Å². The van der Waals surface area contributed by atoms with Crippen molar-refractivity contribution in [1.82, 2.24) is 0 Å². The lowest BCUT2D eigenvalue weighted by molar-refractivity contribution is 0.975. The predicted molar refractivity (Wildman–Crippen MR) is 60.1 cm³/mol. The molecule has 0 radical (unpaired) electrons. The van der Waals surface area contributed by atoms with Crippen LogP contribution in [-0.4, -0.2) is 0 Å². The van der Waals surface area contributed by atoms with E-state index in [2.05, 4.69) is 37.1 Å². The van der Waals surface area contributed by atoms with Gasteiger partial charge in [-0.25, -0.2) is 0 Å². The van der Waals surface area contributed by atoms with Gasteiger partial charge in [-0.05, 0) is 36.8 Å². The first kappa shape index (κ1) is 10.3. The third-order valence-corrected chi connectivity index (χ3v) is 3.03. The topological polar surface area (TPSA) is 0 Å². The molecule has 0 spiro atoms. The summed E-state index contributed by atoms with van der Waals surface area (Å²) < 4.78 is 0. The molecule has 0 unspecified atom stereocenters. The molecule has 70 valence electrons. The van der Waals surface area contributed by atoms with Crippen molar-refractivity contribution in [3.05, 3.63) is 21.9 Å². The van der Waals surface area contributed by atoms with Crippen molar-refractivity contribution < 1.29 is 0 Å². The first-order valence-corrected chi connectivity index (χ1v) is 5.71. The first-order valence-electron chi connectivity index (χ1n) is 4.83. The monoisotopic (exact) mass is 192 g/mol. The Morgan fingerprint density at radius 3 is 2.69 bits per heavy atom. The Balaban J connectivity index is 2.29. The lowest BCUT2D eigenvalue weighted by Gasteiger charge is -1.92. The molecule has 0 fully saturated rings. The van der Waals surface area contributed by atoms with Gasteiger partial charge < -0.3 is 0 Å². The molecule has 1 aromatic rings. The zero-order chi connectivity index (χ0) is 9.52. The van der Waals surface area contributed by atoms with Crippen molar-refractivity contribution in [1.29, 1.82) is 0 Å². The molecule has 0 atom stereocenters. The van der Waals surface area contributed by atoms with E-state index in [1.165, 1.54) is 16.9 Å². The van der Waals surface area contributed by atoms with Gasteiger partial charge in [-0.15, -0.1) is 23.2 Å². The summed E-state index contributed by atoms with van der Waals surface area (Å²) >= 11 is 1.85. The normalized spacial score (nSPS) is 9.38. The molecule has 0 aliphatic rings. The van der Waals surface area contributed by atoms with E-state index < -0.39 is 0 Å². The van der Waals surface area contributed by atoms with Gasteiger partial charge in [0.25, 0.3) is 0 Å². The molecule has 1 rings (SSSR count). The number of unbranched alkanes of at least 4 members (excludes halogenated alkanes) is 1. The first-order chi connectivity index (χ1) is 6.34. The minimum atomic E-state index is 1.02. The molecule has 1 heterocycles. The summed E-state index contributed by atoms with van der Waals surface area (Å²) in [6.07, 6.45) is 4.36. The highest BCUT2D eigenvalue weighted by Gasteiger charge is 1.96. The van der Waals surface area contributed by atoms with Gasteiger partial charge in [0.2, 0.25) is 0 Å². The van der Waals surface area contributed by atoms with Crippen LogP contribution in [0.4, 0.5) is 0 Å². The summed E-state index contributed by atoms with van der Waals surface area (Å²) in [5.74, 6) is 6.38. The van der Waals surface area contributed by atoms with E-state index in [1.54, 1.807) is 0 Å². The molecule has 0 bridgehead atoms. The van der Waals surface area contributed by atoms with Crippen molar-refractivity contribution in [2.75, 3.05) is 0 Å². The second-order valence-corrected chi connectivity index (χ2v) is 4.13. The van der Waals surface area contributed by atoms with Crippen LogP contribution in [-0.2, 0) is 6.42 Å². The Kier molecular flexibility index (Phi) is 4.64. The lowest BCUT2D eigenvalue weighted by atomic mass is 10.2. The maximum atomic E-state index is 3.21. The summed E-state index contributed by atoms with van der Waals surface area (Å²) in [7, 11) is 0. The van der Waals surface area contributed by atoms with Crippen molar-refractivity contribution in [2.24, 2.45) is 0 Å². The van der Waals surface area contributed by atoms with Gasteiger partial charge in [-0.2, -0.15) is 0 Å². The molecule has 1 aromatic heterocycles. The molecule has 0 amide bonds. The maximum Gasteiger partial charge on any atom is 0.0137 e. The van der Waals surface area contributed by atoms with Gasteiger partial charge in [0.15, 0.2) is 0 Å². The number of aryl methyl sites for hydroxylation is 2. The Labute approximate surface area is 85.0 Å². The quantitative estimate of drug-likeness (QED) is 0.639. The van der Waals surface area contributed by atoms with E-state index in [4.69, 9.17) is 0 Å². The van der Waals surface area contributed by atoms with E-state index in [9.17, 15) is 0 Å². The average Bonchev–Trinajstić information content (AvgIpc) is 2.52. The number of hydrogen-bond acceptors (Lipinski definition) is 1. The fraction of sp³-hybridized carbons (Fsp3) is 0.500. The van der Waals surface area contributed by atoms with E-state index in [-0.39, 0.29) is 0 Å². The zero-order valence-corrected chi connectivity index (χ0v) is 9.21. The van der Waals surface area contributed by atoms with Crippen LogP contribution >= 0.6 is 11.3 Å². The Bertz CT molecular complexity index is 298. The highest BCUT2D eigenvalue weighted by molar-refractivity contribution is 7.10. The highest BCUT2D eigenvalue weighted by atomic mass is 32.1. The molecule has 13 heavy (non-hydrogen) atoms. The van der Waals surface area contributed by atoms with Crippen LogP contribution in [0, 0.1) is 18.8 Å². The van der Waals surface area contributed by atoms with Crippen molar-refractivity contribution in [3.8, 4) is 11.8 Å². The molecule has 1 heteroatoms. The molecule has 0 nitrogen and oxygen atoms in total. The van der Waals surface area contributed by atoms with Gasteiger partial charge in [0.05, 0.1) is 0 Å². The largest absolute Gasteiger partial charge is 0.149 e. The molecule has 0 saturated heterocycles. The summed E-state index contributed by atoms with van der Waals surface area (Å²) in [6, 6.07) is 2.18. The Morgan fingerprint density at radius 2 is 2.08 bits per heavy atom. The fourth-order valence-electron chi connectivity index (χ4n) is 1.14. The highest BCUT2D eigenvalue weighted by Crippen LogP contribution is 2.16. The van der Waals surface area contributed by atoms with Gasteiger partial charge in [0.1, 0.15) is 0 Å². The zero-order valence-electron chi connectivity index (χ0n) is 8.39. The maximum absolute atomic E-state index is 3.21. The molecule has 0 aromatic carbocycles. The summed E-state index contributed by atoms with van der Waals surface area (Å²) in [5.41, 5.74) is 1.42. The average molecular weight is 192 g/mol. The van der Waals surface area contributed by atoms with Gasteiger partial charge in [0, 0.05) is 17.7 Å². The number of rotatable bonds is 3. The fourth-order valence-corrected chi connectivity index (χ4v) is 2.05. The van der Waals surface area contributed by atoms with E-state index in [1.807, 2.05) is 11.3 Å². The predicted octanol–water partition coefficient (Wildman–Crippen LogP) is 3.79. The Hall–Kier alpha value is -0.740. The van der Waals surface area contributed by atoms with Crippen molar-refractivity contribution in [2.45, 2.75) is 39.5 Å². The Morgan fingerprint density at radius 1 is 1.31 bits per heavy atom. The van der Waals surface area contributed by atoms with Gasteiger partial charge in [-0.1, -0.05) is 6.92 Å². The molecule has 0 N–H and O–H groups in total. The minimum absolute atomic E-state index is 1.02. The van der Waals surface area contributed by atoms with Gasteiger partial charge in [-0.3, -0.25) is 0 Å². The van der Waals surface area contributed by atoms with Crippen LogP contribution in [0.1, 0.15) is 36.6 Å². The lowest BCUT2D eigenvalue weighted by Crippen LogP contribution is -1.80. The van der Waals surface area contributed by atoms with Crippen LogP contribution in [0.15, 0.2) is 11.4 Å². The van der Waals surface area contributed by atoms with Crippen molar-refractivity contribution >= 4 is 11.3 Å².